The third kappa shape index (κ3) is 10.8. The summed E-state index contributed by atoms with van der Waals surface area (Å²) >= 11 is 0. The van der Waals surface area contributed by atoms with E-state index in [1.165, 1.54) is 48.9 Å². The molecule has 1 N–H and O–H groups in total. The number of nitrogens with zero attached hydrogens (tertiary/aromatic N) is 4. The number of halogens is 2. The lowest BCUT2D eigenvalue weighted by molar-refractivity contribution is -0.155. The number of carbonyl (C=O) groups excluding carboxylic acids is 3. The van der Waals surface area contributed by atoms with Crippen molar-refractivity contribution in [2.75, 3.05) is 0 Å². The number of carbonyl (C=O) groups is 3. The van der Waals surface area contributed by atoms with Crippen LogP contribution in [0, 0.1) is 11.6 Å². The van der Waals surface area contributed by atoms with Crippen LogP contribution in [-0.2, 0) is 43.1 Å². The van der Waals surface area contributed by atoms with Crippen molar-refractivity contribution in [3.63, 3.8) is 0 Å². The molecule has 13 nitrogen and oxygen atoms in total. The van der Waals surface area contributed by atoms with Crippen LogP contribution in [0.4, 0.5) is 14.6 Å². The van der Waals surface area contributed by atoms with Crippen LogP contribution in [0.1, 0.15) is 58.2 Å². The molecule has 1 aliphatic heterocycles. The van der Waals surface area contributed by atoms with Crippen molar-refractivity contribution in [3.8, 4) is 23.0 Å². The van der Waals surface area contributed by atoms with E-state index in [4.69, 9.17) is 18.9 Å². The van der Waals surface area contributed by atoms with E-state index in [1.807, 2.05) is 0 Å². The van der Waals surface area contributed by atoms with Gasteiger partial charge in [-0.2, -0.15) is 0 Å². The molecule has 0 unspecified atom stereocenters. The summed E-state index contributed by atoms with van der Waals surface area (Å²) in [5.41, 5.74) is 0.402. The molecule has 15 heteroatoms. The van der Waals surface area contributed by atoms with Gasteiger partial charge in [0.15, 0.2) is 46.1 Å². The number of ketones is 1. The molecule has 0 aliphatic carbocycles. The number of hydrogen-bond donors (Lipinski definition) is 1. The highest BCUT2D eigenvalue weighted by Crippen LogP contribution is 2.34. The molecule has 54 heavy (non-hydrogen) atoms. The van der Waals surface area contributed by atoms with Crippen molar-refractivity contribution < 1.29 is 42.1 Å². The lowest BCUT2D eigenvalue weighted by atomic mass is 10.1. The molecular weight excluding hydrogens is 704 g/mol. The van der Waals surface area contributed by atoms with E-state index < -0.39 is 40.3 Å². The Kier molecular flexibility index (Phi) is 11.6. The maximum Gasteiger partial charge on any atom is 0.310 e. The topological polar surface area (TPSA) is 172 Å². The molecule has 0 atom stereocenters. The van der Waals surface area contributed by atoms with Gasteiger partial charge in [0.1, 0.15) is 22.5 Å². The average molecular weight is 742 g/mol. The number of rotatable bonds is 8. The van der Waals surface area contributed by atoms with E-state index in [0.717, 1.165) is 6.20 Å². The van der Waals surface area contributed by atoms with Gasteiger partial charge in [-0.1, -0.05) is 12.1 Å². The van der Waals surface area contributed by atoms with Gasteiger partial charge in [-0.3, -0.25) is 19.2 Å². The molecule has 0 fully saturated rings. The van der Waals surface area contributed by atoms with Gasteiger partial charge >= 0.3 is 11.9 Å². The second kappa shape index (κ2) is 16.1. The molecule has 0 spiro atoms. The van der Waals surface area contributed by atoms with Crippen molar-refractivity contribution >= 4 is 40.9 Å². The summed E-state index contributed by atoms with van der Waals surface area (Å²) < 4.78 is 50.6. The van der Waals surface area contributed by atoms with Gasteiger partial charge in [0, 0.05) is 30.4 Å². The number of ether oxygens (including phenoxy) is 4. The summed E-state index contributed by atoms with van der Waals surface area (Å²) in [6.07, 6.45) is 5.22. The molecule has 1 aliphatic rings. The first-order valence-corrected chi connectivity index (χ1v) is 16.7. The van der Waals surface area contributed by atoms with Gasteiger partial charge in [-0.25, -0.2) is 28.7 Å². The molecule has 3 aromatic heterocycles. The van der Waals surface area contributed by atoms with E-state index >= 15 is 0 Å². The number of Topliss-reactive ketones (excluding diaryl/α,β-unsaturated/α-hetero) is 1. The summed E-state index contributed by atoms with van der Waals surface area (Å²) in [5.74, 6) is -1.40. The van der Waals surface area contributed by atoms with Gasteiger partial charge in [0.05, 0.1) is 25.3 Å². The van der Waals surface area contributed by atoms with Crippen molar-refractivity contribution in [2.45, 2.75) is 72.0 Å². The zero-order valence-corrected chi connectivity index (χ0v) is 30.4. The highest BCUT2D eigenvalue weighted by atomic mass is 19.1. The number of esters is 2. The second-order valence-electron chi connectivity index (χ2n) is 14.0. The SMILES string of the molecule is CC(C)(C)OC(=O)Cc1ccc(Oc2ccnc3[nH]c(=O)cnc23)c(F)c1.CC(C)(C)OC(=O)Cc1ccc(Oc2ccnc3c2CC(=O)C=N3)c(F)c1. The standard InChI is InChI=1S/C20H19FN2O4.C19H18FN3O4/c1-20(2,3)27-18(25)9-12-4-5-17(15(21)8-12)26-16-6-7-22-19-14(16)10-13(24)11-23-19;1-19(2,3)27-16(25)9-11-4-5-13(12(20)8-11)26-14-6-7-21-18-17(14)22-10-15(24)23-18/h4-8,11H,9-10H2,1-3H3;4-8,10H,9H2,1-3H3,(H,21,23,24). The van der Waals surface area contributed by atoms with Gasteiger partial charge in [0.25, 0.3) is 5.56 Å². The highest BCUT2D eigenvalue weighted by molar-refractivity contribution is 6.29. The van der Waals surface area contributed by atoms with Crippen LogP contribution in [0.5, 0.6) is 23.0 Å². The number of benzene rings is 2. The molecule has 0 saturated heterocycles. The lowest BCUT2D eigenvalue weighted by Crippen LogP contribution is -2.24. The van der Waals surface area contributed by atoms with E-state index in [1.54, 1.807) is 59.7 Å². The molecular formula is C39H37F2N5O8. The number of nitrogens with one attached hydrogen (secondary N) is 1. The number of aromatic nitrogens is 4. The van der Waals surface area contributed by atoms with Crippen LogP contribution in [0.25, 0.3) is 11.2 Å². The second-order valence-corrected chi connectivity index (χ2v) is 14.0. The number of aromatic amines is 1. The zero-order valence-electron chi connectivity index (χ0n) is 30.4. The smallest absolute Gasteiger partial charge is 0.310 e. The monoisotopic (exact) mass is 741 g/mol. The predicted octanol–water partition coefficient (Wildman–Crippen LogP) is 6.86. The molecule has 280 valence electrons. The maximum absolute atomic E-state index is 14.4. The molecule has 0 amide bonds. The molecule has 0 saturated carbocycles. The van der Waals surface area contributed by atoms with Gasteiger partial charge in [-0.15, -0.1) is 0 Å². The molecule has 5 aromatic rings. The Bertz CT molecular complexity index is 2310. The Morgan fingerprint density at radius 3 is 1.81 bits per heavy atom. The summed E-state index contributed by atoms with van der Waals surface area (Å²) in [5, 5.41) is 0. The van der Waals surface area contributed by atoms with Crippen molar-refractivity contribution in [1.29, 1.82) is 0 Å². The van der Waals surface area contributed by atoms with Crippen LogP contribution >= 0.6 is 0 Å². The fourth-order valence-corrected chi connectivity index (χ4v) is 5.00. The van der Waals surface area contributed by atoms with Gasteiger partial charge in [0.2, 0.25) is 0 Å². The van der Waals surface area contributed by atoms with Gasteiger partial charge < -0.3 is 23.9 Å². The third-order valence-electron chi connectivity index (χ3n) is 7.08. The number of hydrogen-bond acceptors (Lipinski definition) is 12. The lowest BCUT2D eigenvalue weighted by Gasteiger charge is -2.19. The normalized spacial score (nSPS) is 12.3. The first-order valence-electron chi connectivity index (χ1n) is 16.7. The quantitative estimate of drug-likeness (QED) is 0.165. The summed E-state index contributed by atoms with van der Waals surface area (Å²) in [4.78, 5) is 65.2. The Balaban J connectivity index is 0.000000208. The van der Waals surface area contributed by atoms with Crippen LogP contribution in [-0.4, -0.2) is 55.1 Å². The van der Waals surface area contributed by atoms with E-state index in [9.17, 15) is 28.0 Å². The fourth-order valence-electron chi connectivity index (χ4n) is 5.00. The van der Waals surface area contributed by atoms with E-state index in [2.05, 4.69) is 24.9 Å². The molecule has 6 rings (SSSR count). The zero-order chi connectivity index (χ0) is 39.2. The van der Waals surface area contributed by atoms with Crippen LogP contribution in [0.2, 0.25) is 0 Å². The van der Waals surface area contributed by atoms with Crippen molar-refractivity contribution in [1.82, 2.24) is 19.9 Å². The summed E-state index contributed by atoms with van der Waals surface area (Å²) in [6, 6.07) is 11.6. The predicted molar refractivity (Wildman–Crippen MR) is 193 cm³/mol. The maximum atomic E-state index is 14.4. The first kappa shape index (κ1) is 38.8. The van der Waals surface area contributed by atoms with Crippen LogP contribution in [0.3, 0.4) is 0 Å². The number of H-pyrrole nitrogens is 1. The summed E-state index contributed by atoms with van der Waals surface area (Å²) in [6.45, 7) is 10.6. The Morgan fingerprint density at radius 2 is 1.26 bits per heavy atom. The first-order chi connectivity index (χ1) is 25.4. The van der Waals surface area contributed by atoms with Crippen molar-refractivity contribution in [3.05, 3.63) is 106 Å². The molecule has 0 radical (unpaired) electrons. The number of fused-ring (bicyclic) bond motifs is 2. The summed E-state index contributed by atoms with van der Waals surface area (Å²) in [7, 11) is 0. The molecule has 2 aromatic carbocycles. The van der Waals surface area contributed by atoms with Crippen LogP contribution in [0.15, 0.2) is 76.9 Å². The molecule has 0 bridgehead atoms. The number of aliphatic imine (C=N–C) groups is 1. The van der Waals surface area contributed by atoms with Gasteiger partial charge in [-0.05, 0) is 83.0 Å². The van der Waals surface area contributed by atoms with E-state index in [-0.39, 0.29) is 47.9 Å². The Hall–Kier alpha value is -6.38. The minimum absolute atomic E-state index is 0.0154. The molecule has 4 heterocycles. The minimum atomic E-state index is -0.634. The highest BCUT2D eigenvalue weighted by Gasteiger charge is 2.21. The Labute approximate surface area is 308 Å². The largest absolute Gasteiger partial charge is 0.460 e. The van der Waals surface area contributed by atoms with Crippen LogP contribution < -0.4 is 15.0 Å². The van der Waals surface area contributed by atoms with Crippen molar-refractivity contribution in [2.24, 2.45) is 4.99 Å². The Morgan fingerprint density at radius 1 is 0.722 bits per heavy atom. The minimum Gasteiger partial charge on any atom is -0.460 e. The van der Waals surface area contributed by atoms with E-state index in [0.29, 0.717) is 33.8 Å². The fraction of sp³-hybridized carbons (Fsp3) is 0.282. The number of pyridine rings is 2. The third-order valence-corrected chi connectivity index (χ3v) is 7.08. The average Bonchev–Trinajstić information content (AvgIpc) is 3.06.